The third-order valence-corrected chi connectivity index (χ3v) is 4.86. The maximum absolute atomic E-state index is 6.23. The maximum Gasteiger partial charge on any atom is 0.277 e. The van der Waals surface area contributed by atoms with Crippen LogP contribution in [-0.2, 0) is 5.54 Å². The van der Waals surface area contributed by atoms with Crippen molar-refractivity contribution >= 4 is 28.3 Å². The van der Waals surface area contributed by atoms with Gasteiger partial charge in [-0.2, -0.15) is 10.1 Å². The van der Waals surface area contributed by atoms with Crippen molar-refractivity contribution in [3.05, 3.63) is 40.6 Å². The number of nitrogens with one attached hydrogen (secondary N) is 1. The highest BCUT2D eigenvalue weighted by molar-refractivity contribution is 9.10. The number of rotatable bonds is 3. The molecule has 3 aromatic rings. The molecule has 8 heteroatoms. The Kier molecular flexibility index (Phi) is 4.27. The highest BCUT2D eigenvalue weighted by atomic mass is 79.9. The first-order valence-corrected chi connectivity index (χ1v) is 7.89. The van der Waals surface area contributed by atoms with Crippen molar-refractivity contribution in [2.75, 3.05) is 0 Å². The molecule has 1 fully saturated rings. The van der Waals surface area contributed by atoms with E-state index in [-0.39, 0.29) is 12.4 Å². The van der Waals surface area contributed by atoms with E-state index in [9.17, 15) is 0 Å². The second-order valence-corrected chi connectivity index (χ2v) is 6.35. The van der Waals surface area contributed by atoms with Crippen LogP contribution in [0.15, 0.2) is 39.3 Å². The van der Waals surface area contributed by atoms with E-state index >= 15 is 0 Å². The summed E-state index contributed by atoms with van der Waals surface area (Å²) in [6.07, 6.45) is 2.89. The Morgan fingerprint density at radius 3 is 2.61 bits per heavy atom. The van der Waals surface area contributed by atoms with Crippen molar-refractivity contribution < 1.29 is 4.52 Å². The lowest BCUT2D eigenvalue weighted by atomic mass is 9.77. The summed E-state index contributed by atoms with van der Waals surface area (Å²) in [5.74, 6) is 0.963. The first-order valence-electron chi connectivity index (χ1n) is 7.10. The number of aromatic nitrogens is 4. The van der Waals surface area contributed by atoms with Crippen LogP contribution in [0.3, 0.4) is 0 Å². The number of nitrogens with zero attached hydrogens (tertiary/aromatic N) is 3. The molecule has 1 aliphatic carbocycles. The van der Waals surface area contributed by atoms with Gasteiger partial charge in [0.2, 0.25) is 0 Å². The number of hydrogen-bond donors (Lipinski definition) is 2. The van der Waals surface area contributed by atoms with Crippen LogP contribution in [0.2, 0.25) is 0 Å². The summed E-state index contributed by atoms with van der Waals surface area (Å²) in [5, 5.41) is 11.3. The minimum Gasteiger partial charge on any atom is -0.332 e. The van der Waals surface area contributed by atoms with Crippen LogP contribution in [0.5, 0.6) is 0 Å². The molecule has 0 atom stereocenters. The Morgan fingerprint density at radius 2 is 1.96 bits per heavy atom. The van der Waals surface area contributed by atoms with Gasteiger partial charge >= 0.3 is 0 Å². The van der Waals surface area contributed by atoms with Gasteiger partial charge in [0.1, 0.15) is 11.4 Å². The van der Waals surface area contributed by atoms with E-state index in [1.807, 2.05) is 30.3 Å². The van der Waals surface area contributed by atoms with Crippen molar-refractivity contribution in [1.82, 2.24) is 20.3 Å². The van der Waals surface area contributed by atoms with Crippen LogP contribution in [0.4, 0.5) is 0 Å². The van der Waals surface area contributed by atoms with E-state index in [0.717, 1.165) is 35.0 Å². The molecule has 1 aromatic carbocycles. The molecule has 3 N–H and O–H groups in total. The van der Waals surface area contributed by atoms with Crippen LogP contribution in [-0.4, -0.2) is 20.3 Å². The van der Waals surface area contributed by atoms with E-state index in [0.29, 0.717) is 17.4 Å². The Hall–Kier alpha value is -1.70. The fourth-order valence-electron chi connectivity index (χ4n) is 2.57. The second-order valence-electron chi connectivity index (χ2n) is 5.56. The van der Waals surface area contributed by atoms with Gasteiger partial charge in [-0.15, -0.1) is 12.4 Å². The topological polar surface area (TPSA) is 93.6 Å². The number of benzene rings is 1. The lowest BCUT2D eigenvalue weighted by Gasteiger charge is -2.34. The quantitative estimate of drug-likeness (QED) is 0.705. The van der Waals surface area contributed by atoms with Crippen LogP contribution in [0.25, 0.3) is 22.8 Å². The molecule has 0 spiro atoms. The average Bonchev–Trinajstić information content (AvgIpc) is 3.12. The SMILES string of the molecule is Cl.NC1(c2noc(-c3[nH]nc(-c4ccccc4)c3Br)n2)CCC1. The van der Waals surface area contributed by atoms with Crippen molar-refractivity contribution in [3.63, 3.8) is 0 Å². The molecular formula is C15H15BrClN5O. The summed E-state index contributed by atoms with van der Waals surface area (Å²) in [5.41, 5.74) is 8.27. The minimum absolute atomic E-state index is 0. The normalized spacial score (nSPS) is 15.7. The van der Waals surface area contributed by atoms with Gasteiger partial charge in [0.25, 0.3) is 5.89 Å². The zero-order valence-corrected chi connectivity index (χ0v) is 14.5. The third-order valence-electron chi connectivity index (χ3n) is 4.09. The number of hydrogen-bond acceptors (Lipinski definition) is 5. The Bertz CT molecular complexity index is 812. The van der Waals surface area contributed by atoms with E-state index in [1.165, 1.54) is 0 Å². The summed E-state index contributed by atoms with van der Waals surface area (Å²) in [4.78, 5) is 4.44. The molecule has 0 unspecified atom stereocenters. The number of nitrogens with two attached hydrogens (primary N) is 1. The Balaban J connectivity index is 0.00000156. The van der Waals surface area contributed by atoms with Gasteiger partial charge in [-0.05, 0) is 35.2 Å². The highest BCUT2D eigenvalue weighted by Gasteiger charge is 2.39. The molecule has 0 bridgehead atoms. The summed E-state index contributed by atoms with van der Waals surface area (Å²) < 4.78 is 6.16. The summed E-state index contributed by atoms with van der Waals surface area (Å²) in [6, 6.07) is 9.89. The molecule has 0 aliphatic heterocycles. The molecule has 1 aliphatic rings. The van der Waals surface area contributed by atoms with E-state index < -0.39 is 5.54 Å². The summed E-state index contributed by atoms with van der Waals surface area (Å²) >= 11 is 3.56. The second kappa shape index (κ2) is 6.07. The van der Waals surface area contributed by atoms with Crippen LogP contribution in [0.1, 0.15) is 25.1 Å². The lowest BCUT2D eigenvalue weighted by Crippen LogP contribution is -2.44. The van der Waals surface area contributed by atoms with E-state index in [4.69, 9.17) is 10.3 Å². The molecule has 1 saturated carbocycles. The van der Waals surface area contributed by atoms with Gasteiger partial charge in [0.05, 0.1) is 10.0 Å². The van der Waals surface area contributed by atoms with E-state index in [1.54, 1.807) is 0 Å². The minimum atomic E-state index is -0.434. The summed E-state index contributed by atoms with van der Waals surface area (Å²) in [7, 11) is 0. The Labute approximate surface area is 147 Å². The van der Waals surface area contributed by atoms with E-state index in [2.05, 4.69) is 36.3 Å². The molecule has 0 radical (unpaired) electrons. The first-order chi connectivity index (χ1) is 10.7. The predicted octanol–water partition coefficient (Wildman–Crippen LogP) is 3.65. The molecule has 23 heavy (non-hydrogen) atoms. The fraction of sp³-hybridized carbons (Fsp3) is 0.267. The standard InChI is InChI=1S/C15H14BrN5O.ClH/c16-10-11(9-5-2-1-3-6-9)19-20-12(10)13-18-14(21-22-13)15(17)7-4-8-15;/h1-3,5-6H,4,7-8,17H2,(H,19,20);1H. The van der Waals surface area contributed by atoms with Crippen LogP contribution >= 0.6 is 28.3 Å². The summed E-state index contributed by atoms with van der Waals surface area (Å²) in [6.45, 7) is 0. The molecule has 0 amide bonds. The average molecular weight is 397 g/mol. The van der Waals surface area contributed by atoms with Gasteiger partial charge in [-0.25, -0.2) is 0 Å². The molecule has 6 nitrogen and oxygen atoms in total. The first kappa shape index (κ1) is 16.2. The number of aromatic amines is 1. The van der Waals surface area contributed by atoms with Crippen molar-refractivity contribution in [2.24, 2.45) is 5.73 Å². The fourth-order valence-corrected chi connectivity index (χ4v) is 3.14. The molecule has 2 aromatic heterocycles. The lowest BCUT2D eigenvalue weighted by molar-refractivity contribution is 0.229. The maximum atomic E-state index is 6.23. The molecule has 2 heterocycles. The van der Waals surface area contributed by atoms with Gasteiger partial charge in [0, 0.05) is 5.56 Å². The molecular weight excluding hydrogens is 382 g/mol. The van der Waals surface area contributed by atoms with Gasteiger partial charge in [-0.3, -0.25) is 5.10 Å². The number of H-pyrrole nitrogens is 1. The molecule has 4 rings (SSSR count). The van der Waals surface area contributed by atoms with Gasteiger partial charge in [-0.1, -0.05) is 35.5 Å². The van der Waals surface area contributed by atoms with Crippen molar-refractivity contribution in [1.29, 1.82) is 0 Å². The smallest absolute Gasteiger partial charge is 0.277 e. The van der Waals surface area contributed by atoms with Crippen LogP contribution < -0.4 is 5.73 Å². The number of halogens is 2. The molecule has 120 valence electrons. The van der Waals surface area contributed by atoms with Crippen molar-refractivity contribution in [2.45, 2.75) is 24.8 Å². The third kappa shape index (κ3) is 2.69. The highest BCUT2D eigenvalue weighted by Crippen LogP contribution is 2.39. The van der Waals surface area contributed by atoms with Crippen LogP contribution in [0, 0.1) is 0 Å². The molecule has 0 saturated heterocycles. The zero-order chi connectivity index (χ0) is 15.2. The largest absolute Gasteiger partial charge is 0.332 e. The van der Waals surface area contributed by atoms with Gasteiger partial charge in [0.15, 0.2) is 5.82 Å². The Morgan fingerprint density at radius 1 is 1.22 bits per heavy atom. The zero-order valence-electron chi connectivity index (χ0n) is 12.1. The van der Waals surface area contributed by atoms with Gasteiger partial charge < -0.3 is 10.3 Å². The monoisotopic (exact) mass is 395 g/mol. The predicted molar refractivity (Wildman–Crippen MR) is 92.0 cm³/mol. The van der Waals surface area contributed by atoms with Crippen molar-refractivity contribution in [3.8, 4) is 22.8 Å².